The second-order valence-electron chi connectivity index (χ2n) is 10.8. The number of benzene rings is 3. The molecule has 3 aromatic carbocycles. The minimum absolute atomic E-state index is 0.0310. The molecule has 0 aliphatic rings. The number of fused-ring (bicyclic) bond motifs is 1. The van der Waals surface area contributed by atoms with Gasteiger partial charge in [-0.05, 0) is 41.5 Å². The average Bonchev–Trinajstić information content (AvgIpc) is 3.33. The highest BCUT2D eigenvalue weighted by Crippen LogP contribution is 2.23. The van der Waals surface area contributed by atoms with Gasteiger partial charge in [0.25, 0.3) is 5.91 Å². The first-order chi connectivity index (χ1) is 21.3. The molecule has 9 nitrogen and oxygen atoms in total. The average molecular weight is 651 g/mol. The number of nitrogens with zero attached hydrogens (tertiary/aromatic N) is 2. The fraction of sp³-hybridized carbons (Fsp3) is 0.226. The third-order valence-corrected chi connectivity index (χ3v) is 6.43. The Kier molecular flexibility index (Phi) is 10.6. The van der Waals surface area contributed by atoms with Gasteiger partial charge in [-0.3, -0.25) is 14.7 Å². The van der Waals surface area contributed by atoms with E-state index in [1.54, 1.807) is 0 Å². The summed E-state index contributed by atoms with van der Waals surface area (Å²) < 4.78 is 72.4. The van der Waals surface area contributed by atoms with E-state index < -0.39 is 24.3 Å². The molecule has 1 heterocycles. The maximum Gasteiger partial charge on any atom is 0.491 e. The van der Waals surface area contributed by atoms with Crippen molar-refractivity contribution in [2.24, 2.45) is 5.73 Å². The van der Waals surface area contributed by atoms with Gasteiger partial charge in [-0.2, -0.15) is 26.3 Å². The number of hydrogen-bond acceptors (Lipinski definition) is 5. The number of nitrogens with two attached hydrogens (primary N) is 1. The van der Waals surface area contributed by atoms with Crippen LogP contribution in [-0.4, -0.2) is 61.7 Å². The zero-order chi connectivity index (χ0) is 34.4. The smallest absolute Gasteiger partial charge is 0.384 e. The van der Waals surface area contributed by atoms with Crippen LogP contribution in [0.5, 0.6) is 0 Å². The van der Waals surface area contributed by atoms with E-state index in [1.807, 2.05) is 59.2 Å². The molecule has 4 aromatic rings. The second-order valence-corrected chi connectivity index (χ2v) is 10.8. The van der Waals surface area contributed by atoms with Crippen molar-refractivity contribution in [1.29, 1.82) is 5.41 Å². The van der Waals surface area contributed by atoms with E-state index in [2.05, 4.69) is 55.5 Å². The Morgan fingerprint density at radius 1 is 0.826 bits per heavy atom. The van der Waals surface area contributed by atoms with Gasteiger partial charge in [-0.25, -0.2) is 9.59 Å². The minimum Gasteiger partial charge on any atom is -0.384 e. The highest BCUT2D eigenvalue weighted by Gasteiger charge is 2.49. The number of alkyl halides is 6. The number of hydrogen-bond donors (Lipinski definition) is 3. The molecule has 4 N–H and O–H groups in total. The summed E-state index contributed by atoms with van der Waals surface area (Å²) >= 11 is 0. The first-order valence-electron chi connectivity index (χ1n) is 13.4. The summed E-state index contributed by atoms with van der Waals surface area (Å²) in [5.74, 6) is -6.49. The van der Waals surface area contributed by atoms with Crippen LogP contribution in [0.25, 0.3) is 10.9 Å². The maximum atomic E-state index is 13.2. The Morgan fingerprint density at radius 2 is 1.41 bits per heavy atom. The van der Waals surface area contributed by atoms with Gasteiger partial charge in [0.05, 0.1) is 21.1 Å². The SMILES string of the molecule is C[N+](C)(C)c1ccc(CNC(=O)c2cc3ccccc3n2Cc2cccc(C(=N)N)c2)cc1.O=C(OC(=O)C(F)(F)F)C(F)(F)F. The van der Waals surface area contributed by atoms with Crippen molar-refractivity contribution < 1.29 is 45.5 Å². The van der Waals surface area contributed by atoms with Crippen LogP contribution in [0.1, 0.15) is 27.2 Å². The van der Waals surface area contributed by atoms with Crippen molar-refractivity contribution in [3.63, 3.8) is 0 Å². The van der Waals surface area contributed by atoms with E-state index in [9.17, 15) is 40.7 Å². The Labute approximate surface area is 259 Å². The first-order valence-corrected chi connectivity index (χ1v) is 13.4. The number of halogens is 6. The normalized spacial score (nSPS) is 11.8. The van der Waals surface area contributed by atoms with Crippen LogP contribution < -0.4 is 15.5 Å². The lowest BCUT2D eigenvalue weighted by atomic mass is 10.1. The molecule has 0 unspecified atom stereocenters. The van der Waals surface area contributed by atoms with Gasteiger partial charge in [0.1, 0.15) is 17.2 Å². The fourth-order valence-corrected chi connectivity index (χ4v) is 4.12. The predicted molar refractivity (Wildman–Crippen MR) is 159 cm³/mol. The molecular weight excluding hydrogens is 620 g/mol. The van der Waals surface area contributed by atoms with Gasteiger partial charge >= 0.3 is 24.3 Å². The number of aromatic nitrogens is 1. The summed E-state index contributed by atoms with van der Waals surface area (Å²) in [6.07, 6.45) is -11.2. The summed E-state index contributed by atoms with van der Waals surface area (Å²) in [5, 5.41) is 11.8. The number of nitrogen functional groups attached to an aromatic ring is 1. The van der Waals surface area contributed by atoms with E-state index >= 15 is 0 Å². The van der Waals surface area contributed by atoms with E-state index in [0.29, 0.717) is 24.3 Å². The number of amides is 1. The van der Waals surface area contributed by atoms with Crippen LogP contribution >= 0.6 is 0 Å². The molecule has 1 aromatic heterocycles. The molecule has 0 aliphatic heterocycles. The molecular formula is C31H30F6N5O4+. The third kappa shape index (κ3) is 9.41. The molecule has 0 fully saturated rings. The molecule has 0 atom stereocenters. The van der Waals surface area contributed by atoms with E-state index in [0.717, 1.165) is 26.5 Å². The quantitative estimate of drug-likeness (QED) is 0.0627. The molecule has 1 amide bonds. The number of amidine groups is 1. The summed E-state index contributed by atoms with van der Waals surface area (Å²) in [6.45, 7) is 0.965. The highest BCUT2D eigenvalue weighted by atomic mass is 19.4. The number of esters is 2. The van der Waals surface area contributed by atoms with Crippen molar-refractivity contribution in [3.05, 3.63) is 101 Å². The Morgan fingerprint density at radius 3 is 1.96 bits per heavy atom. The molecule has 15 heteroatoms. The summed E-state index contributed by atoms with van der Waals surface area (Å²) in [6, 6.07) is 25.8. The lowest BCUT2D eigenvalue weighted by molar-refractivity contribution is -0.221. The van der Waals surface area contributed by atoms with Gasteiger partial charge in [0.15, 0.2) is 0 Å². The van der Waals surface area contributed by atoms with Gasteiger partial charge in [-0.15, -0.1) is 0 Å². The molecule has 0 radical (unpaired) electrons. The predicted octanol–water partition coefficient (Wildman–Crippen LogP) is 5.28. The zero-order valence-electron chi connectivity index (χ0n) is 24.8. The Hall–Kier alpha value is -5.18. The van der Waals surface area contributed by atoms with E-state index in [4.69, 9.17) is 11.1 Å². The number of para-hydroxylation sites is 1. The fourth-order valence-electron chi connectivity index (χ4n) is 4.12. The molecule has 46 heavy (non-hydrogen) atoms. The zero-order valence-corrected chi connectivity index (χ0v) is 24.8. The van der Waals surface area contributed by atoms with Crippen LogP contribution in [0, 0.1) is 5.41 Å². The van der Waals surface area contributed by atoms with E-state index in [1.165, 1.54) is 5.69 Å². The number of ether oxygens (including phenoxy) is 1. The number of rotatable bonds is 7. The minimum atomic E-state index is -5.62. The second kappa shape index (κ2) is 13.9. The van der Waals surface area contributed by atoms with Crippen LogP contribution in [0.15, 0.2) is 78.9 Å². The molecule has 0 saturated carbocycles. The van der Waals surface area contributed by atoms with Gasteiger partial charge in [0.2, 0.25) is 0 Å². The number of carbonyl (C=O) groups is 3. The van der Waals surface area contributed by atoms with Crippen molar-refractivity contribution >= 4 is 40.3 Å². The maximum absolute atomic E-state index is 13.2. The lowest BCUT2D eigenvalue weighted by Crippen LogP contribution is -2.34. The van der Waals surface area contributed by atoms with Crippen LogP contribution in [-0.2, 0) is 27.4 Å². The van der Waals surface area contributed by atoms with Crippen LogP contribution in [0.4, 0.5) is 32.0 Å². The molecule has 0 spiro atoms. The monoisotopic (exact) mass is 650 g/mol. The van der Waals surface area contributed by atoms with Gasteiger partial charge in [0, 0.05) is 29.6 Å². The molecule has 0 saturated heterocycles. The van der Waals surface area contributed by atoms with E-state index in [-0.39, 0.29) is 11.7 Å². The van der Waals surface area contributed by atoms with Gasteiger partial charge < -0.3 is 20.4 Å². The van der Waals surface area contributed by atoms with Gasteiger partial charge in [-0.1, -0.05) is 48.5 Å². The van der Waals surface area contributed by atoms with Crippen molar-refractivity contribution in [3.8, 4) is 0 Å². The summed E-state index contributed by atoms with van der Waals surface area (Å²) in [7, 11) is 6.38. The molecule has 0 bridgehead atoms. The molecule has 0 aliphatic carbocycles. The molecule has 244 valence electrons. The lowest BCUT2D eigenvalue weighted by Gasteiger charge is -2.23. The number of quaternary nitrogens is 1. The van der Waals surface area contributed by atoms with Crippen LogP contribution in [0.3, 0.4) is 0 Å². The Bertz CT molecular complexity index is 1720. The summed E-state index contributed by atoms with van der Waals surface area (Å²) in [4.78, 5) is 32.5. The number of nitrogens with one attached hydrogen (secondary N) is 2. The van der Waals surface area contributed by atoms with Crippen molar-refractivity contribution in [2.75, 3.05) is 21.1 Å². The highest BCUT2D eigenvalue weighted by molar-refractivity contribution is 5.99. The van der Waals surface area contributed by atoms with Crippen molar-refractivity contribution in [1.82, 2.24) is 14.4 Å². The molecule has 4 rings (SSSR count). The number of carbonyl (C=O) groups excluding carboxylic acids is 3. The summed E-state index contributed by atoms with van der Waals surface area (Å²) in [5.41, 5.74) is 11.2. The van der Waals surface area contributed by atoms with Crippen molar-refractivity contribution in [2.45, 2.75) is 25.4 Å². The third-order valence-electron chi connectivity index (χ3n) is 6.43. The largest absolute Gasteiger partial charge is 0.491 e. The first kappa shape index (κ1) is 35.3. The topological polar surface area (TPSA) is 127 Å². The van der Waals surface area contributed by atoms with Crippen LogP contribution in [0.2, 0.25) is 0 Å². The standard InChI is InChI=1S/C27H29N5O.C4F6O3/c1-32(2,3)23-13-11-19(12-14-23)17-30-27(33)25-16-21-8-4-5-10-24(21)31(25)18-20-7-6-9-22(15-20)26(28)29;5-3(6,7)1(11)13-2(12)4(8,9)10/h4-16H,17-18H2,1-3H3,(H3-,28,29,30,33);/p+1. The Balaban J connectivity index is 0.000000376.